The summed E-state index contributed by atoms with van der Waals surface area (Å²) in [5, 5.41) is 0. The summed E-state index contributed by atoms with van der Waals surface area (Å²) < 4.78 is 6.15. The van der Waals surface area contributed by atoms with E-state index in [-0.39, 0.29) is 0 Å². The van der Waals surface area contributed by atoms with E-state index in [9.17, 15) is 0 Å². The summed E-state index contributed by atoms with van der Waals surface area (Å²) in [6.07, 6.45) is 9.96. The molecule has 20 heavy (non-hydrogen) atoms. The van der Waals surface area contributed by atoms with Crippen LogP contribution in [0, 0.1) is 11.3 Å². The average Bonchev–Trinajstić information content (AvgIpc) is 2.40. The summed E-state index contributed by atoms with van der Waals surface area (Å²) in [7, 11) is 0. The highest BCUT2D eigenvalue weighted by Gasteiger charge is 2.30. The molecule has 0 aromatic carbocycles. The van der Waals surface area contributed by atoms with Crippen molar-refractivity contribution in [1.29, 1.82) is 0 Å². The number of rotatable bonds is 4. The second-order valence-electron chi connectivity index (χ2n) is 8.09. The molecule has 2 aliphatic rings. The van der Waals surface area contributed by atoms with Crippen LogP contribution < -0.4 is 0 Å². The third-order valence-corrected chi connectivity index (χ3v) is 5.57. The Labute approximate surface area is 126 Å². The number of nitrogens with zero attached hydrogens (tertiary/aromatic N) is 1. The summed E-state index contributed by atoms with van der Waals surface area (Å²) in [5.74, 6) is 0.893. The SMILES string of the molecule is CC1CCCCN1CCOC1CCC(C(C)(C)C)CC1. The van der Waals surface area contributed by atoms with E-state index in [4.69, 9.17) is 4.74 Å². The standard InChI is InChI=1S/C18H35NO/c1-15-7-5-6-12-19(15)13-14-20-17-10-8-16(9-11-17)18(2,3)4/h15-17H,5-14H2,1-4H3. The third-order valence-electron chi connectivity index (χ3n) is 5.57. The lowest BCUT2D eigenvalue weighted by Crippen LogP contribution is -2.40. The highest BCUT2D eigenvalue weighted by molar-refractivity contribution is 4.81. The van der Waals surface area contributed by atoms with Crippen LogP contribution >= 0.6 is 0 Å². The Bertz CT molecular complexity index is 276. The van der Waals surface area contributed by atoms with Crippen LogP contribution in [-0.2, 0) is 4.74 Å². The van der Waals surface area contributed by atoms with Gasteiger partial charge in [-0.2, -0.15) is 0 Å². The second kappa shape index (κ2) is 7.26. The van der Waals surface area contributed by atoms with E-state index >= 15 is 0 Å². The molecule has 1 aliphatic heterocycles. The predicted octanol–water partition coefficient (Wildman–Crippen LogP) is 4.48. The van der Waals surface area contributed by atoms with Crippen molar-refractivity contribution < 1.29 is 4.74 Å². The van der Waals surface area contributed by atoms with Crippen LogP contribution in [0.2, 0.25) is 0 Å². The van der Waals surface area contributed by atoms with Crippen molar-refractivity contribution >= 4 is 0 Å². The van der Waals surface area contributed by atoms with Crippen molar-refractivity contribution in [3.8, 4) is 0 Å². The lowest BCUT2D eigenvalue weighted by Gasteiger charge is -2.37. The lowest BCUT2D eigenvalue weighted by atomic mass is 9.72. The van der Waals surface area contributed by atoms with Gasteiger partial charge in [0.05, 0.1) is 12.7 Å². The van der Waals surface area contributed by atoms with Gasteiger partial charge < -0.3 is 4.74 Å². The molecular weight excluding hydrogens is 246 g/mol. The maximum Gasteiger partial charge on any atom is 0.0597 e. The molecule has 0 aromatic rings. The van der Waals surface area contributed by atoms with Gasteiger partial charge in [0.25, 0.3) is 0 Å². The van der Waals surface area contributed by atoms with Gasteiger partial charge in [-0.3, -0.25) is 4.90 Å². The normalized spacial score (nSPS) is 33.3. The van der Waals surface area contributed by atoms with Gasteiger partial charge in [-0.25, -0.2) is 0 Å². The first-order valence-corrected chi connectivity index (χ1v) is 8.82. The minimum atomic E-state index is 0.480. The average molecular weight is 281 g/mol. The fourth-order valence-corrected chi connectivity index (χ4v) is 3.92. The van der Waals surface area contributed by atoms with Gasteiger partial charge in [0.1, 0.15) is 0 Å². The van der Waals surface area contributed by atoms with Gasteiger partial charge in [0, 0.05) is 12.6 Å². The Kier molecular flexibility index (Phi) is 5.92. The quantitative estimate of drug-likeness (QED) is 0.753. The van der Waals surface area contributed by atoms with Crippen molar-refractivity contribution in [1.82, 2.24) is 4.90 Å². The van der Waals surface area contributed by atoms with E-state index in [1.54, 1.807) is 0 Å². The van der Waals surface area contributed by atoms with Gasteiger partial charge in [-0.05, 0) is 63.3 Å². The molecule has 1 saturated heterocycles. The van der Waals surface area contributed by atoms with Crippen LogP contribution in [0.25, 0.3) is 0 Å². The first kappa shape index (κ1) is 16.3. The van der Waals surface area contributed by atoms with Gasteiger partial charge in [-0.15, -0.1) is 0 Å². The van der Waals surface area contributed by atoms with Gasteiger partial charge in [-0.1, -0.05) is 27.2 Å². The van der Waals surface area contributed by atoms with Crippen LogP contribution in [0.4, 0.5) is 0 Å². The van der Waals surface area contributed by atoms with E-state index in [1.807, 2.05) is 0 Å². The Hall–Kier alpha value is -0.0800. The van der Waals surface area contributed by atoms with Crippen LogP contribution in [0.1, 0.15) is 72.6 Å². The zero-order valence-electron chi connectivity index (χ0n) is 14.2. The van der Waals surface area contributed by atoms with Gasteiger partial charge in [0.2, 0.25) is 0 Å². The summed E-state index contributed by atoms with van der Waals surface area (Å²) in [5.41, 5.74) is 0.480. The fraction of sp³-hybridized carbons (Fsp3) is 1.00. The number of hydrogen-bond acceptors (Lipinski definition) is 2. The van der Waals surface area contributed by atoms with Crippen molar-refractivity contribution in [3.63, 3.8) is 0 Å². The van der Waals surface area contributed by atoms with Crippen LogP contribution in [0.5, 0.6) is 0 Å². The van der Waals surface area contributed by atoms with Crippen molar-refractivity contribution in [2.24, 2.45) is 11.3 Å². The molecule has 0 spiro atoms. The molecule has 0 radical (unpaired) electrons. The molecule has 2 heteroatoms. The summed E-state index contributed by atoms with van der Waals surface area (Å²) in [6.45, 7) is 12.9. The maximum absolute atomic E-state index is 6.15. The van der Waals surface area contributed by atoms with E-state index in [1.165, 1.54) is 51.5 Å². The van der Waals surface area contributed by atoms with E-state index in [0.29, 0.717) is 11.5 Å². The maximum atomic E-state index is 6.15. The summed E-state index contributed by atoms with van der Waals surface area (Å²) in [4.78, 5) is 2.62. The zero-order valence-corrected chi connectivity index (χ0v) is 14.2. The van der Waals surface area contributed by atoms with Crippen LogP contribution in [0.15, 0.2) is 0 Å². The zero-order chi connectivity index (χ0) is 14.6. The summed E-state index contributed by atoms with van der Waals surface area (Å²) in [6, 6.07) is 0.768. The molecule has 0 N–H and O–H groups in total. The Morgan fingerprint density at radius 1 is 1.00 bits per heavy atom. The summed E-state index contributed by atoms with van der Waals surface area (Å²) >= 11 is 0. The molecule has 1 unspecified atom stereocenters. The minimum Gasteiger partial charge on any atom is -0.377 e. The fourth-order valence-electron chi connectivity index (χ4n) is 3.92. The number of piperidine rings is 1. The molecular formula is C18H35NO. The molecule has 2 nitrogen and oxygen atoms in total. The number of likely N-dealkylation sites (tertiary alicyclic amines) is 1. The predicted molar refractivity (Wildman–Crippen MR) is 86.0 cm³/mol. The van der Waals surface area contributed by atoms with E-state index < -0.39 is 0 Å². The monoisotopic (exact) mass is 281 g/mol. The highest BCUT2D eigenvalue weighted by Crippen LogP contribution is 2.38. The van der Waals surface area contributed by atoms with Crippen molar-refractivity contribution in [3.05, 3.63) is 0 Å². The van der Waals surface area contributed by atoms with Crippen LogP contribution in [0.3, 0.4) is 0 Å². The molecule has 1 heterocycles. The molecule has 1 aliphatic carbocycles. The number of ether oxygens (including phenoxy) is 1. The first-order chi connectivity index (χ1) is 9.47. The molecule has 2 rings (SSSR count). The van der Waals surface area contributed by atoms with Gasteiger partial charge in [0.15, 0.2) is 0 Å². The largest absolute Gasteiger partial charge is 0.377 e. The molecule has 0 aromatic heterocycles. The third kappa shape index (κ3) is 4.73. The Balaban J connectivity index is 1.61. The minimum absolute atomic E-state index is 0.480. The molecule has 1 saturated carbocycles. The highest BCUT2D eigenvalue weighted by atomic mass is 16.5. The molecule has 1 atom stereocenters. The van der Waals surface area contributed by atoms with Crippen molar-refractivity contribution in [2.75, 3.05) is 19.7 Å². The molecule has 2 fully saturated rings. The molecule has 0 bridgehead atoms. The van der Waals surface area contributed by atoms with E-state index in [0.717, 1.165) is 25.1 Å². The Morgan fingerprint density at radius 2 is 1.70 bits per heavy atom. The number of hydrogen-bond donors (Lipinski definition) is 0. The molecule has 118 valence electrons. The lowest BCUT2D eigenvalue weighted by molar-refractivity contribution is -0.0110. The second-order valence-corrected chi connectivity index (χ2v) is 8.09. The van der Waals surface area contributed by atoms with E-state index in [2.05, 4.69) is 32.6 Å². The smallest absolute Gasteiger partial charge is 0.0597 e. The van der Waals surface area contributed by atoms with Crippen molar-refractivity contribution in [2.45, 2.75) is 84.8 Å². The van der Waals surface area contributed by atoms with Gasteiger partial charge >= 0.3 is 0 Å². The van der Waals surface area contributed by atoms with Crippen LogP contribution in [-0.4, -0.2) is 36.7 Å². The topological polar surface area (TPSA) is 12.5 Å². The first-order valence-electron chi connectivity index (χ1n) is 8.82. The Morgan fingerprint density at radius 3 is 2.30 bits per heavy atom. The molecule has 0 amide bonds.